The molecule has 4 heteroatoms. The molecule has 0 saturated carbocycles. The highest BCUT2D eigenvalue weighted by Gasteiger charge is 2.38. The number of halogens is 1. The van der Waals surface area contributed by atoms with Crippen LogP contribution in [-0.4, -0.2) is 23.3 Å². The first kappa shape index (κ1) is 9.12. The van der Waals surface area contributed by atoms with Crippen LogP contribution in [0, 0.1) is 6.92 Å². The minimum atomic E-state index is -0.807. The van der Waals surface area contributed by atoms with Crippen LogP contribution in [-0.2, 0) is 10.3 Å². The van der Waals surface area contributed by atoms with Gasteiger partial charge in [0.1, 0.15) is 10.2 Å². The summed E-state index contributed by atoms with van der Waals surface area (Å²) in [7, 11) is 0. The Hall–Kier alpha value is -0.450. The van der Waals surface area contributed by atoms with E-state index < -0.39 is 5.60 Å². The molecule has 0 bridgehead atoms. The van der Waals surface area contributed by atoms with Gasteiger partial charge >= 0.3 is 0 Å². The lowest BCUT2D eigenvalue weighted by atomic mass is 9.93. The van der Waals surface area contributed by atoms with Crippen molar-refractivity contribution in [2.45, 2.75) is 12.5 Å². The lowest BCUT2D eigenvalue weighted by Gasteiger charge is -2.36. The first-order valence-electron chi connectivity index (χ1n) is 4.04. The number of nitrogens with zero attached hydrogens (tertiary/aromatic N) is 1. The van der Waals surface area contributed by atoms with E-state index >= 15 is 0 Å². The van der Waals surface area contributed by atoms with E-state index in [1.165, 1.54) is 0 Å². The fourth-order valence-electron chi connectivity index (χ4n) is 1.27. The predicted molar refractivity (Wildman–Crippen MR) is 51.4 cm³/mol. The van der Waals surface area contributed by atoms with Gasteiger partial charge in [-0.3, -0.25) is 0 Å². The second kappa shape index (κ2) is 3.04. The summed E-state index contributed by atoms with van der Waals surface area (Å²) in [5.74, 6) is 0. The van der Waals surface area contributed by atoms with Crippen molar-refractivity contribution in [2.75, 3.05) is 13.2 Å². The normalized spacial score (nSPS) is 19.6. The van der Waals surface area contributed by atoms with Crippen molar-refractivity contribution in [3.63, 3.8) is 0 Å². The van der Waals surface area contributed by atoms with Crippen molar-refractivity contribution in [3.05, 3.63) is 28.0 Å². The van der Waals surface area contributed by atoms with Gasteiger partial charge in [-0.1, -0.05) is 0 Å². The first-order valence-corrected chi connectivity index (χ1v) is 4.84. The molecule has 13 heavy (non-hydrogen) atoms. The molecule has 0 atom stereocenters. The Morgan fingerprint density at radius 3 is 2.77 bits per heavy atom. The van der Waals surface area contributed by atoms with Crippen LogP contribution in [0.1, 0.15) is 11.1 Å². The maximum absolute atomic E-state index is 9.92. The molecule has 0 amide bonds. The second-order valence-electron chi connectivity index (χ2n) is 3.36. The molecule has 1 saturated heterocycles. The number of pyridine rings is 1. The van der Waals surface area contributed by atoms with Crippen molar-refractivity contribution < 1.29 is 9.84 Å². The van der Waals surface area contributed by atoms with Crippen LogP contribution in [0.15, 0.2) is 16.9 Å². The van der Waals surface area contributed by atoms with Gasteiger partial charge in [-0.25, -0.2) is 4.98 Å². The minimum Gasteiger partial charge on any atom is -0.380 e. The number of rotatable bonds is 1. The van der Waals surface area contributed by atoms with Gasteiger partial charge in [-0.2, -0.15) is 0 Å². The lowest BCUT2D eigenvalue weighted by Crippen LogP contribution is -2.46. The molecule has 2 rings (SSSR count). The van der Waals surface area contributed by atoms with Gasteiger partial charge in [0.25, 0.3) is 0 Å². The average Bonchev–Trinajstić information content (AvgIpc) is 2.06. The molecule has 3 nitrogen and oxygen atoms in total. The summed E-state index contributed by atoms with van der Waals surface area (Å²) in [6, 6.07) is 1.93. The quantitative estimate of drug-likeness (QED) is 0.758. The Morgan fingerprint density at radius 1 is 1.62 bits per heavy atom. The standard InChI is InChI=1S/C9H10BrNO2/c1-6-2-7(3-11-8(6)10)9(12)4-13-5-9/h2-3,12H,4-5H2,1H3. The summed E-state index contributed by atoms with van der Waals surface area (Å²) in [5, 5.41) is 9.92. The summed E-state index contributed by atoms with van der Waals surface area (Å²) in [6.45, 7) is 2.69. The molecule has 70 valence electrons. The molecular weight excluding hydrogens is 234 g/mol. The largest absolute Gasteiger partial charge is 0.380 e. The van der Waals surface area contributed by atoms with Gasteiger partial charge in [0, 0.05) is 11.8 Å². The maximum atomic E-state index is 9.92. The second-order valence-corrected chi connectivity index (χ2v) is 4.11. The van der Waals surface area contributed by atoms with E-state index in [1.807, 2.05) is 13.0 Å². The molecule has 1 aromatic rings. The number of aromatic nitrogens is 1. The van der Waals surface area contributed by atoms with Crippen LogP contribution in [0.5, 0.6) is 0 Å². The molecule has 0 spiro atoms. The average molecular weight is 244 g/mol. The van der Waals surface area contributed by atoms with E-state index in [9.17, 15) is 5.11 Å². The molecule has 1 N–H and O–H groups in total. The molecule has 0 aliphatic carbocycles. The molecule has 0 aromatic carbocycles. The number of ether oxygens (including phenoxy) is 1. The van der Waals surface area contributed by atoms with E-state index in [-0.39, 0.29) is 0 Å². The molecule has 2 heterocycles. The van der Waals surface area contributed by atoms with Crippen molar-refractivity contribution in [1.29, 1.82) is 0 Å². The van der Waals surface area contributed by atoms with Crippen LogP contribution in [0.4, 0.5) is 0 Å². The summed E-state index contributed by atoms with van der Waals surface area (Å²) >= 11 is 3.31. The number of hydrogen-bond acceptors (Lipinski definition) is 3. The van der Waals surface area contributed by atoms with Gasteiger partial charge < -0.3 is 9.84 Å². The van der Waals surface area contributed by atoms with E-state index in [0.29, 0.717) is 13.2 Å². The molecule has 0 unspecified atom stereocenters. The Bertz CT molecular complexity index is 336. The van der Waals surface area contributed by atoms with E-state index in [4.69, 9.17) is 4.74 Å². The van der Waals surface area contributed by atoms with Gasteiger partial charge in [0.15, 0.2) is 0 Å². The summed E-state index contributed by atoms with van der Waals surface area (Å²) in [6.07, 6.45) is 1.68. The minimum absolute atomic E-state index is 0.371. The smallest absolute Gasteiger partial charge is 0.137 e. The summed E-state index contributed by atoms with van der Waals surface area (Å²) in [5.41, 5.74) is 1.05. The van der Waals surface area contributed by atoms with Crippen LogP contribution in [0.3, 0.4) is 0 Å². The third kappa shape index (κ3) is 1.49. The van der Waals surface area contributed by atoms with Crippen LogP contribution in [0.2, 0.25) is 0 Å². The molecule has 0 radical (unpaired) electrons. The van der Waals surface area contributed by atoms with E-state index in [0.717, 1.165) is 15.7 Å². The summed E-state index contributed by atoms with van der Waals surface area (Å²) < 4.78 is 5.79. The highest BCUT2D eigenvalue weighted by atomic mass is 79.9. The highest BCUT2D eigenvalue weighted by Crippen LogP contribution is 2.30. The van der Waals surface area contributed by atoms with Crippen molar-refractivity contribution in [1.82, 2.24) is 4.98 Å². The van der Waals surface area contributed by atoms with Crippen molar-refractivity contribution in [3.8, 4) is 0 Å². The topological polar surface area (TPSA) is 42.4 Å². The zero-order chi connectivity index (χ0) is 9.47. The predicted octanol–water partition coefficient (Wildman–Crippen LogP) is 1.37. The van der Waals surface area contributed by atoms with Gasteiger partial charge in [-0.15, -0.1) is 0 Å². The zero-order valence-corrected chi connectivity index (χ0v) is 8.84. The number of aliphatic hydroxyl groups is 1. The molecular formula is C9H10BrNO2. The molecule has 1 aliphatic heterocycles. The third-order valence-corrected chi connectivity index (χ3v) is 3.06. The Balaban J connectivity index is 2.36. The maximum Gasteiger partial charge on any atom is 0.137 e. The van der Waals surface area contributed by atoms with Gasteiger partial charge in [0.05, 0.1) is 13.2 Å². The fourth-order valence-corrected chi connectivity index (χ4v) is 1.49. The lowest BCUT2D eigenvalue weighted by molar-refractivity contribution is -0.184. The van der Waals surface area contributed by atoms with Gasteiger partial charge in [0.2, 0.25) is 0 Å². The Kier molecular flexibility index (Phi) is 2.14. The SMILES string of the molecule is Cc1cc(C2(O)COC2)cnc1Br. The van der Waals surface area contributed by atoms with Crippen LogP contribution in [0.25, 0.3) is 0 Å². The molecule has 1 fully saturated rings. The molecule has 1 aliphatic rings. The summed E-state index contributed by atoms with van der Waals surface area (Å²) in [4.78, 5) is 4.13. The molecule has 1 aromatic heterocycles. The number of aryl methyl sites for hydroxylation is 1. The monoisotopic (exact) mass is 243 g/mol. The van der Waals surface area contributed by atoms with Crippen molar-refractivity contribution in [2.24, 2.45) is 0 Å². The first-order chi connectivity index (χ1) is 6.12. The zero-order valence-electron chi connectivity index (χ0n) is 7.25. The fraction of sp³-hybridized carbons (Fsp3) is 0.444. The highest BCUT2D eigenvalue weighted by molar-refractivity contribution is 9.10. The van der Waals surface area contributed by atoms with E-state index in [2.05, 4.69) is 20.9 Å². The Labute approximate surface area is 84.9 Å². The third-order valence-electron chi connectivity index (χ3n) is 2.23. The number of hydrogen-bond donors (Lipinski definition) is 1. The Morgan fingerprint density at radius 2 is 2.31 bits per heavy atom. The van der Waals surface area contributed by atoms with Gasteiger partial charge in [-0.05, 0) is 34.5 Å². The van der Waals surface area contributed by atoms with Crippen LogP contribution < -0.4 is 0 Å². The van der Waals surface area contributed by atoms with Crippen molar-refractivity contribution >= 4 is 15.9 Å². The van der Waals surface area contributed by atoms with Crippen LogP contribution >= 0.6 is 15.9 Å². The van der Waals surface area contributed by atoms with E-state index in [1.54, 1.807) is 6.20 Å².